The smallest absolute Gasteiger partial charge is 0.255 e. The van der Waals surface area contributed by atoms with Crippen LogP contribution in [0.1, 0.15) is 46.6 Å². The molecule has 0 bridgehead atoms. The molecule has 0 unspecified atom stereocenters. The highest BCUT2D eigenvalue weighted by Crippen LogP contribution is 2.24. The summed E-state index contributed by atoms with van der Waals surface area (Å²) in [6, 6.07) is 3.84. The third-order valence-corrected chi connectivity index (χ3v) is 5.78. The lowest BCUT2D eigenvalue weighted by molar-refractivity contribution is 0.0732. The fourth-order valence-corrected chi connectivity index (χ4v) is 3.97. The van der Waals surface area contributed by atoms with E-state index in [9.17, 15) is 9.90 Å². The summed E-state index contributed by atoms with van der Waals surface area (Å²) in [4.78, 5) is 20.8. The fourth-order valence-electron chi connectivity index (χ4n) is 3.97. The first kappa shape index (κ1) is 18.9. The van der Waals surface area contributed by atoms with Gasteiger partial charge >= 0.3 is 0 Å². The number of hydrogen-bond donors (Lipinski definition) is 2. The van der Waals surface area contributed by atoms with E-state index < -0.39 is 0 Å². The molecule has 0 saturated carbocycles. The van der Waals surface area contributed by atoms with E-state index in [0.717, 1.165) is 30.7 Å². The zero-order chi connectivity index (χ0) is 19.5. The number of aliphatic hydroxyl groups is 1. The number of aromatic nitrogens is 2. The molecular weight excluding hydrogens is 358 g/mol. The predicted molar refractivity (Wildman–Crippen MR) is 104 cm³/mol. The molecular formula is C20H27N5O3. The van der Waals surface area contributed by atoms with E-state index in [0.29, 0.717) is 31.0 Å². The molecule has 3 heterocycles. The molecule has 8 nitrogen and oxygen atoms in total. The summed E-state index contributed by atoms with van der Waals surface area (Å²) in [6.45, 7) is 1.90. The van der Waals surface area contributed by atoms with Gasteiger partial charge in [-0.05, 0) is 44.9 Å². The summed E-state index contributed by atoms with van der Waals surface area (Å²) in [5, 5.41) is 16.7. The van der Waals surface area contributed by atoms with Crippen LogP contribution >= 0.6 is 0 Å². The van der Waals surface area contributed by atoms with Crippen LogP contribution < -0.4 is 5.32 Å². The Morgan fingerprint density at radius 2 is 2.25 bits per heavy atom. The number of likely N-dealkylation sites (N-methyl/N-ethyl adjacent to an activating group) is 1. The molecule has 2 aromatic rings. The van der Waals surface area contributed by atoms with Gasteiger partial charge in [0.25, 0.3) is 5.91 Å². The second kappa shape index (κ2) is 8.28. The highest BCUT2D eigenvalue weighted by atomic mass is 16.5. The maximum atomic E-state index is 12.7. The highest BCUT2D eigenvalue weighted by molar-refractivity contribution is 5.94. The Morgan fingerprint density at radius 1 is 1.39 bits per heavy atom. The molecule has 1 aliphatic heterocycles. The molecule has 1 saturated heterocycles. The summed E-state index contributed by atoms with van der Waals surface area (Å²) in [7, 11) is 1.87. The third kappa shape index (κ3) is 3.88. The topological polar surface area (TPSA) is 94.7 Å². The average molecular weight is 385 g/mol. The van der Waals surface area contributed by atoms with Gasteiger partial charge in [0, 0.05) is 37.3 Å². The van der Waals surface area contributed by atoms with Crippen molar-refractivity contribution in [1.82, 2.24) is 19.9 Å². The first-order valence-corrected chi connectivity index (χ1v) is 9.92. The maximum absolute atomic E-state index is 12.7. The van der Waals surface area contributed by atoms with Crippen molar-refractivity contribution in [2.75, 3.05) is 32.2 Å². The Bertz CT molecular complexity index is 820. The van der Waals surface area contributed by atoms with E-state index >= 15 is 0 Å². The molecule has 0 radical (unpaired) electrons. The number of aliphatic hydroxyl groups excluding tert-OH is 1. The number of fused-ring (bicyclic) bond motifs is 1. The van der Waals surface area contributed by atoms with Crippen molar-refractivity contribution in [2.45, 2.75) is 44.7 Å². The van der Waals surface area contributed by atoms with Crippen molar-refractivity contribution in [2.24, 2.45) is 0 Å². The standard InChI is InChI=1S/C20H27N5O3/c1-24(13-26)15-8-9-25(12-15)20(27)14-6-7-19(21-10-14)22-11-17-16-4-2-3-5-18(16)28-23-17/h6-7,10,15,26H,2-5,8-9,11-13H2,1H3,(H,21,22)/t15-/m0/s1. The normalized spacial score (nSPS) is 19.1. The minimum atomic E-state index is -0.0153. The molecule has 8 heteroatoms. The number of carbonyl (C=O) groups excluding carboxylic acids is 1. The van der Waals surface area contributed by atoms with Gasteiger partial charge in [-0.25, -0.2) is 4.98 Å². The van der Waals surface area contributed by atoms with E-state index in [4.69, 9.17) is 4.52 Å². The number of rotatable bonds is 6. The average Bonchev–Trinajstić information content (AvgIpc) is 3.39. The number of pyridine rings is 1. The van der Waals surface area contributed by atoms with Crippen molar-refractivity contribution in [3.63, 3.8) is 0 Å². The van der Waals surface area contributed by atoms with Gasteiger partial charge in [0.2, 0.25) is 0 Å². The van der Waals surface area contributed by atoms with Gasteiger partial charge < -0.3 is 19.8 Å². The van der Waals surface area contributed by atoms with Crippen LogP contribution in [-0.4, -0.2) is 63.9 Å². The Balaban J connectivity index is 1.34. The van der Waals surface area contributed by atoms with Crippen LogP contribution in [0.2, 0.25) is 0 Å². The molecule has 0 aromatic carbocycles. The fraction of sp³-hybridized carbons (Fsp3) is 0.550. The number of carbonyl (C=O) groups is 1. The summed E-state index contributed by atoms with van der Waals surface area (Å²) >= 11 is 0. The molecule has 2 N–H and O–H groups in total. The Morgan fingerprint density at radius 3 is 3.04 bits per heavy atom. The van der Waals surface area contributed by atoms with Crippen LogP contribution in [-0.2, 0) is 19.4 Å². The first-order valence-electron chi connectivity index (χ1n) is 9.92. The number of amides is 1. The number of hydrogen-bond acceptors (Lipinski definition) is 7. The minimum absolute atomic E-state index is 0.00332. The lowest BCUT2D eigenvalue weighted by Gasteiger charge is -2.22. The Hall–Kier alpha value is -2.45. The summed E-state index contributed by atoms with van der Waals surface area (Å²) in [5.41, 5.74) is 2.77. The van der Waals surface area contributed by atoms with Crippen molar-refractivity contribution in [3.05, 3.63) is 40.9 Å². The largest absolute Gasteiger partial charge is 0.381 e. The summed E-state index contributed by atoms with van der Waals surface area (Å²) in [6.07, 6.45) is 6.84. The van der Waals surface area contributed by atoms with Crippen LogP contribution in [0.25, 0.3) is 0 Å². The van der Waals surface area contributed by atoms with Crippen LogP contribution in [0.15, 0.2) is 22.9 Å². The van der Waals surface area contributed by atoms with Gasteiger partial charge in [-0.1, -0.05) is 5.16 Å². The number of anilines is 1. The van der Waals surface area contributed by atoms with Gasteiger partial charge in [-0.2, -0.15) is 0 Å². The van der Waals surface area contributed by atoms with Gasteiger partial charge in [-0.15, -0.1) is 0 Å². The molecule has 2 aliphatic rings. The second-order valence-electron chi connectivity index (χ2n) is 7.62. The van der Waals surface area contributed by atoms with Crippen molar-refractivity contribution in [3.8, 4) is 0 Å². The van der Waals surface area contributed by atoms with Crippen LogP contribution in [0.3, 0.4) is 0 Å². The molecule has 28 heavy (non-hydrogen) atoms. The van der Waals surface area contributed by atoms with Crippen LogP contribution in [0.4, 0.5) is 5.82 Å². The van der Waals surface area contributed by atoms with Crippen molar-refractivity contribution < 1.29 is 14.4 Å². The zero-order valence-electron chi connectivity index (χ0n) is 16.2. The monoisotopic (exact) mass is 385 g/mol. The molecule has 1 fully saturated rings. The van der Waals surface area contributed by atoms with Crippen LogP contribution in [0.5, 0.6) is 0 Å². The lowest BCUT2D eigenvalue weighted by Crippen LogP contribution is -2.37. The molecule has 150 valence electrons. The Labute approximate surface area is 164 Å². The number of nitrogens with one attached hydrogen (secondary N) is 1. The predicted octanol–water partition coefficient (Wildman–Crippen LogP) is 1.66. The molecule has 2 aromatic heterocycles. The molecule has 1 atom stereocenters. The van der Waals surface area contributed by atoms with Gasteiger partial charge in [0.15, 0.2) is 0 Å². The van der Waals surface area contributed by atoms with E-state index in [1.807, 2.05) is 22.9 Å². The van der Waals surface area contributed by atoms with Crippen LogP contribution in [0, 0.1) is 0 Å². The summed E-state index contributed by atoms with van der Waals surface area (Å²) in [5.74, 6) is 1.72. The highest BCUT2D eigenvalue weighted by Gasteiger charge is 2.29. The van der Waals surface area contributed by atoms with Crippen molar-refractivity contribution >= 4 is 11.7 Å². The van der Waals surface area contributed by atoms with E-state index in [2.05, 4.69) is 15.5 Å². The van der Waals surface area contributed by atoms with Crippen molar-refractivity contribution in [1.29, 1.82) is 0 Å². The van der Waals surface area contributed by atoms with E-state index in [1.165, 1.54) is 18.4 Å². The zero-order valence-corrected chi connectivity index (χ0v) is 16.2. The van der Waals surface area contributed by atoms with Gasteiger partial charge in [0.05, 0.1) is 18.8 Å². The minimum Gasteiger partial charge on any atom is -0.381 e. The number of likely N-dealkylation sites (tertiary alicyclic amines) is 1. The van der Waals surface area contributed by atoms with E-state index in [1.54, 1.807) is 12.3 Å². The molecule has 0 spiro atoms. The molecule has 4 rings (SSSR count). The van der Waals surface area contributed by atoms with Gasteiger partial charge in [-0.3, -0.25) is 9.69 Å². The number of nitrogens with zero attached hydrogens (tertiary/aromatic N) is 4. The Kier molecular flexibility index (Phi) is 5.59. The first-order chi connectivity index (χ1) is 13.7. The summed E-state index contributed by atoms with van der Waals surface area (Å²) < 4.78 is 5.44. The molecule has 1 amide bonds. The molecule has 1 aliphatic carbocycles. The quantitative estimate of drug-likeness (QED) is 0.730. The maximum Gasteiger partial charge on any atom is 0.255 e. The number of aryl methyl sites for hydroxylation is 1. The van der Waals surface area contributed by atoms with E-state index in [-0.39, 0.29) is 18.7 Å². The van der Waals surface area contributed by atoms with Gasteiger partial charge in [0.1, 0.15) is 17.3 Å². The lowest BCUT2D eigenvalue weighted by atomic mass is 9.96. The second-order valence-corrected chi connectivity index (χ2v) is 7.62. The third-order valence-electron chi connectivity index (χ3n) is 5.78. The SMILES string of the molecule is CN(CO)[C@H]1CCN(C(=O)c2ccc(NCc3noc4c3CCCC4)nc2)C1.